The average molecular weight is 381 g/mol. The summed E-state index contributed by atoms with van der Waals surface area (Å²) in [7, 11) is 0. The van der Waals surface area contributed by atoms with E-state index in [1.54, 1.807) is 0 Å². The summed E-state index contributed by atoms with van der Waals surface area (Å²) in [6.45, 7) is 6.56. The summed E-state index contributed by atoms with van der Waals surface area (Å²) < 4.78 is 0. The number of carbonyl (C=O) groups is 1. The van der Waals surface area contributed by atoms with Crippen molar-refractivity contribution in [3.63, 3.8) is 0 Å². The molecule has 0 radical (unpaired) electrons. The number of amides is 1. The van der Waals surface area contributed by atoms with Crippen molar-refractivity contribution >= 4 is 28.4 Å². The van der Waals surface area contributed by atoms with Crippen LogP contribution < -0.4 is 10.2 Å². The zero-order valence-electron chi connectivity index (χ0n) is 16.3. The van der Waals surface area contributed by atoms with Gasteiger partial charge in [0.05, 0.1) is 0 Å². The third-order valence-corrected chi connectivity index (χ3v) is 6.76. The van der Waals surface area contributed by atoms with Crippen LogP contribution >= 0.6 is 11.8 Å². The van der Waals surface area contributed by atoms with Crippen molar-refractivity contribution in [3.05, 3.63) is 58.7 Å². The summed E-state index contributed by atoms with van der Waals surface area (Å²) in [5.74, 6) is 1.28. The number of benzene rings is 2. The molecule has 27 heavy (non-hydrogen) atoms. The first kappa shape index (κ1) is 18.4. The highest BCUT2D eigenvalue weighted by molar-refractivity contribution is 8.13. The Balaban J connectivity index is 1.78. The van der Waals surface area contributed by atoms with E-state index >= 15 is 0 Å². The number of rotatable bonds is 4. The molecule has 3 nitrogen and oxygen atoms in total. The Hall–Kier alpha value is -1.94. The normalized spacial score (nSPS) is 18.1. The van der Waals surface area contributed by atoms with Gasteiger partial charge in [0.15, 0.2) is 0 Å². The Labute approximate surface area is 166 Å². The molecule has 2 aliphatic rings. The summed E-state index contributed by atoms with van der Waals surface area (Å²) >= 11 is 1.38. The molecule has 4 rings (SSSR count). The highest BCUT2D eigenvalue weighted by Crippen LogP contribution is 2.47. The molecule has 1 amide bonds. The van der Waals surface area contributed by atoms with E-state index in [0.29, 0.717) is 5.92 Å². The van der Waals surface area contributed by atoms with Crippen LogP contribution in [-0.4, -0.2) is 24.1 Å². The van der Waals surface area contributed by atoms with Crippen LogP contribution in [0.15, 0.2) is 36.4 Å². The molecule has 2 aromatic rings. The van der Waals surface area contributed by atoms with Gasteiger partial charge in [-0.3, -0.25) is 4.79 Å². The number of hydrogen-bond donors (Lipinski definition) is 1. The molecule has 4 heteroatoms. The van der Waals surface area contributed by atoms with E-state index in [-0.39, 0.29) is 5.24 Å². The minimum Gasteiger partial charge on any atom is -0.371 e. The van der Waals surface area contributed by atoms with E-state index < -0.39 is 0 Å². The molecule has 0 aromatic heterocycles. The smallest absolute Gasteiger partial charge is 0.283 e. The molecule has 0 aliphatic carbocycles. The van der Waals surface area contributed by atoms with Crippen molar-refractivity contribution in [2.75, 3.05) is 29.1 Å². The van der Waals surface area contributed by atoms with E-state index in [9.17, 15) is 4.79 Å². The minimum absolute atomic E-state index is 0.0619. The monoisotopic (exact) mass is 380 g/mol. The zero-order valence-corrected chi connectivity index (χ0v) is 17.1. The van der Waals surface area contributed by atoms with Gasteiger partial charge in [0.2, 0.25) is 0 Å². The molecule has 0 saturated carbocycles. The van der Waals surface area contributed by atoms with Crippen molar-refractivity contribution in [3.8, 4) is 0 Å². The van der Waals surface area contributed by atoms with Crippen LogP contribution in [0.1, 0.15) is 54.4 Å². The van der Waals surface area contributed by atoms with Crippen molar-refractivity contribution in [2.24, 2.45) is 0 Å². The second-order valence-corrected chi connectivity index (χ2v) is 8.64. The Morgan fingerprint density at radius 3 is 2.85 bits per heavy atom. The molecule has 142 valence electrons. The molecule has 0 unspecified atom stereocenters. The van der Waals surface area contributed by atoms with Crippen LogP contribution in [0.3, 0.4) is 0 Å². The van der Waals surface area contributed by atoms with Gasteiger partial charge in [-0.2, -0.15) is 0 Å². The van der Waals surface area contributed by atoms with E-state index in [2.05, 4.69) is 60.5 Å². The Morgan fingerprint density at radius 2 is 2.07 bits per heavy atom. The number of nitrogens with one attached hydrogen (secondary N) is 1. The standard InChI is InChI=1S/C23H28N2OS/c1-3-14-27-23(26)24-20-15-18-10-7-12-25-13-11-19(17-8-5-4-6-9-17)21(16(20)2)22(18)25/h4-6,8-9,15,19H,3,7,10-14H2,1-2H3,(H,24,26)/t19-/m0/s1. The maximum Gasteiger partial charge on any atom is 0.283 e. The molecule has 2 heterocycles. The van der Waals surface area contributed by atoms with Crippen LogP contribution in [-0.2, 0) is 6.42 Å². The van der Waals surface area contributed by atoms with Gasteiger partial charge in [-0.25, -0.2) is 0 Å². The molecule has 0 bridgehead atoms. The van der Waals surface area contributed by atoms with Gasteiger partial charge < -0.3 is 10.2 Å². The second-order valence-electron chi connectivity index (χ2n) is 7.57. The molecular weight excluding hydrogens is 352 g/mol. The van der Waals surface area contributed by atoms with Gasteiger partial charge in [-0.15, -0.1) is 0 Å². The summed E-state index contributed by atoms with van der Waals surface area (Å²) in [5, 5.41) is 3.25. The summed E-state index contributed by atoms with van der Waals surface area (Å²) in [4.78, 5) is 14.9. The lowest BCUT2D eigenvalue weighted by atomic mass is 9.78. The number of thioether (sulfide) groups is 1. The summed E-state index contributed by atoms with van der Waals surface area (Å²) in [6.07, 6.45) is 4.45. The van der Waals surface area contributed by atoms with Gasteiger partial charge >= 0.3 is 0 Å². The molecule has 1 N–H and O–H groups in total. The van der Waals surface area contributed by atoms with E-state index in [0.717, 1.165) is 43.8 Å². The summed E-state index contributed by atoms with van der Waals surface area (Å²) in [5.41, 5.74) is 7.90. The molecule has 2 aromatic carbocycles. The first-order valence-corrected chi connectivity index (χ1v) is 11.1. The van der Waals surface area contributed by atoms with E-state index in [1.807, 2.05) is 0 Å². The Kier molecular flexibility index (Phi) is 5.44. The predicted octanol–water partition coefficient (Wildman–Crippen LogP) is 5.96. The van der Waals surface area contributed by atoms with Crippen LogP contribution in [0.5, 0.6) is 0 Å². The van der Waals surface area contributed by atoms with Gasteiger partial charge in [-0.1, -0.05) is 49.0 Å². The molecule has 0 fully saturated rings. The van der Waals surface area contributed by atoms with Gasteiger partial charge in [0.1, 0.15) is 0 Å². The van der Waals surface area contributed by atoms with Gasteiger partial charge in [-0.05, 0) is 60.9 Å². The van der Waals surface area contributed by atoms with Gasteiger partial charge in [0.25, 0.3) is 5.24 Å². The average Bonchev–Trinajstić information content (AvgIpc) is 2.70. The molecular formula is C23H28N2OS. The van der Waals surface area contributed by atoms with Crippen molar-refractivity contribution in [1.82, 2.24) is 0 Å². The molecule has 2 aliphatic heterocycles. The van der Waals surface area contributed by atoms with E-state index in [1.165, 1.54) is 46.1 Å². The topological polar surface area (TPSA) is 32.3 Å². The maximum atomic E-state index is 12.4. The molecule has 1 atom stereocenters. The number of hydrogen-bond acceptors (Lipinski definition) is 3. The number of nitrogens with zero attached hydrogens (tertiary/aromatic N) is 1. The maximum absolute atomic E-state index is 12.4. The third kappa shape index (κ3) is 3.60. The fraction of sp³-hybridized carbons (Fsp3) is 0.435. The number of carbonyl (C=O) groups excluding carboxylic acids is 1. The van der Waals surface area contributed by atoms with Crippen molar-refractivity contribution in [1.29, 1.82) is 0 Å². The predicted molar refractivity (Wildman–Crippen MR) is 116 cm³/mol. The fourth-order valence-electron chi connectivity index (χ4n) is 4.55. The third-order valence-electron chi connectivity index (χ3n) is 5.79. The largest absolute Gasteiger partial charge is 0.371 e. The highest BCUT2D eigenvalue weighted by atomic mass is 32.2. The van der Waals surface area contributed by atoms with Crippen molar-refractivity contribution < 1.29 is 4.79 Å². The quantitative estimate of drug-likeness (QED) is 0.710. The second kappa shape index (κ2) is 7.97. The van der Waals surface area contributed by atoms with Crippen molar-refractivity contribution in [2.45, 2.75) is 45.4 Å². The Morgan fingerprint density at radius 1 is 1.26 bits per heavy atom. The zero-order chi connectivity index (χ0) is 18.8. The van der Waals surface area contributed by atoms with Crippen LogP contribution in [0.4, 0.5) is 16.2 Å². The lowest BCUT2D eigenvalue weighted by Crippen LogP contribution is -2.36. The summed E-state index contributed by atoms with van der Waals surface area (Å²) in [6, 6.07) is 13.1. The molecule has 0 saturated heterocycles. The number of aryl methyl sites for hydroxylation is 1. The lowest BCUT2D eigenvalue weighted by Gasteiger charge is -2.41. The lowest BCUT2D eigenvalue weighted by molar-refractivity contribution is 0.269. The first-order chi connectivity index (χ1) is 13.2. The van der Waals surface area contributed by atoms with Gasteiger partial charge in [0, 0.05) is 36.1 Å². The first-order valence-electron chi connectivity index (χ1n) is 10.1. The molecule has 0 spiro atoms. The highest BCUT2D eigenvalue weighted by Gasteiger charge is 2.33. The van der Waals surface area contributed by atoms with E-state index in [4.69, 9.17) is 0 Å². The van der Waals surface area contributed by atoms with Crippen LogP contribution in [0.25, 0.3) is 0 Å². The SMILES string of the molecule is CCCSC(=O)Nc1cc2c3c(c1C)[C@H](c1ccccc1)CCN3CCC2. The number of anilines is 2. The van der Waals surface area contributed by atoms with Crippen LogP contribution in [0.2, 0.25) is 0 Å². The fourth-order valence-corrected chi connectivity index (χ4v) is 5.12. The Bertz CT molecular complexity index is 834. The minimum atomic E-state index is 0.0619. The van der Waals surface area contributed by atoms with Crippen LogP contribution in [0, 0.1) is 6.92 Å².